The van der Waals surface area contributed by atoms with Crippen molar-refractivity contribution in [3.63, 3.8) is 0 Å². The molecule has 18 nitrogen and oxygen atoms in total. The zero-order valence-electron chi connectivity index (χ0n) is 19.0. The number of carbonyl (C=O) groups is 6. The van der Waals surface area contributed by atoms with Crippen molar-refractivity contribution in [3.05, 3.63) is 0 Å². The van der Waals surface area contributed by atoms with Crippen molar-refractivity contribution in [3.8, 4) is 0 Å². The van der Waals surface area contributed by atoms with Gasteiger partial charge in [0, 0.05) is 26.2 Å². The summed E-state index contributed by atoms with van der Waals surface area (Å²) >= 11 is 0. The van der Waals surface area contributed by atoms with E-state index in [4.69, 9.17) is 21.7 Å². The molecule has 0 rings (SSSR count). The molecule has 0 aromatic rings. The number of amides is 4. The lowest BCUT2D eigenvalue weighted by Gasteiger charge is -2.25. The van der Waals surface area contributed by atoms with Gasteiger partial charge in [-0.3, -0.25) is 28.8 Å². The number of carboxylic acids is 2. The standard InChI is InChI=1S/C18H32N6O12/c19-7(5-9(25)26)15(33)21-1-3-23-17(35)13(31)11(29)12(30)14(32)18(36)24-4-2-22-16(34)8(20)6-10(27)28/h7-8,11-14,29-32H,1-6,19-20H2,(H,21,33)(H,22,34)(H,23,35)(H,24,36)(H,25,26)(H,27,28)/t7?,8?,11-,12+,13+,14-. The first kappa shape index (κ1) is 32.6. The van der Waals surface area contributed by atoms with E-state index in [1.807, 2.05) is 0 Å². The zero-order valence-corrected chi connectivity index (χ0v) is 19.0. The Hall–Kier alpha value is -3.42. The molecule has 14 N–H and O–H groups in total. The van der Waals surface area contributed by atoms with Gasteiger partial charge in [-0.25, -0.2) is 0 Å². The second-order valence-corrected chi connectivity index (χ2v) is 7.44. The van der Waals surface area contributed by atoms with Gasteiger partial charge in [0.1, 0.15) is 12.2 Å². The van der Waals surface area contributed by atoms with Crippen LogP contribution in [0.5, 0.6) is 0 Å². The van der Waals surface area contributed by atoms with Gasteiger partial charge in [-0.15, -0.1) is 0 Å². The van der Waals surface area contributed by atoms with E-state index in [0.717, 1.165) is 0 Å². The molecule has 0 aliphatic carbocycles. The Kier molecular flexibility index (Phi) is 14.7. The van der Waals surface area contributed by atoms with E-state index in [-0.39, 0.29) is 26.2 Å². The van der Waals surface area contributed by atoms with Crippen molar-refractivity contribution < 1.29 is 59.4 Å². The lowest BCUT2D eigenvalue weighted by Crippen LogP contribution is -2.55. The Morgan fingerprint density at radius 3 is 1.03 bits per heavy atom. The summed E-state index contributed by atoms with van der Waals surface area (Å²) in [4.78, 5) is 67.8. The monoisotopic (exact) mass is 524 g/mol. The van der Waals surface area contributed by atoms with E-state index in [0.29, 0.717) is 0 Å². The van der Waals surface area contributed by atoms with E-state index in [1.54, 1.807) is 0 Å². The van der Waals surface area contributed by atoms with E-state index in [1.165, 1.54) is 0 Å². The summed E-state index contributed by atoms with van der Waals surface area (Å²) in [6.45, 7) is -0.998. The second-order valence-electron chi connectivity index (χ2n) is 7.44. The summed E-state index contributed by atoms with van der Waals surface area (Å²) in [5.74, 6) is -6.64. The molecule has 206 valence electrons. The van der Waals surface area contributed by atoms with Crippen LogP contribution in [-0.2, 0) is 28.8 Å². The summed E-state index contributed by atoms with van der Waals surface area (Å²) in [6.07, 6.45) is -10.4. The van der Waals surface area contributed by atoms with Gasteiger partial charge in [-0.05, 0) is 0 Å². The van der Waals surface area contributed by atoms with Gasteiger partial charge < -0.3 is 63.4 Å². The average Bonchev–Trinajstić information content (AvgIpc) is 2.80. The molecule has 0 aliphatic rings. The minimum atomic E-state index is -2.31. The number of nitrogens with two attached hydrogens (primary N) is 2. The molecule has 4 amide bonds. The Bertz CT molecular complexity index is 733. The predicted molar refractivity (Wildman–Crippen MR) is 117 cm³/mol. The zero-order chi connectivity index (χ0) is 28.0. The molecule has 0 aromatic heterocycles. The van der Waals surface area contributed by atoms with Crippen molar-refractivity contribution >= 4 is 35.6 Å². The van der Waals surface area contributed by atoms with Crippen LogP contribution in [0.3, 0.4) is 0 Å². The van der Waals surface area contributed by atoms with E-state index in [2.05, 4.69) is 21.3 Å². The van der Waals surface area contributed by atoms with E-state index in [9.17, 15) is 49.2 Å². The lowest BCUT2D eigenvalue weighted by molar-refractivity contribution is -0.155. The fourth-order valence-electron chi connectivity index (χ4n) is 2.46. The normalized spacial score (nSPS) is 15.8. The fourth-order valence-corrected chi connectivity index (χ4v) is 2.46. The molecule has 36 heavy (non-hydrogen) atoms. The highest BCUT2D eigenvalue weighted by atomic mass is 16.4. The van der Waals surface area contributed by atoms with Crippen molar-refractivity contribution in [2.24, 2.45) is 11.5 Å². The summed E-state index contributed by atoms with van der Waals surface area (Å²) in [5.41, 5.74) is 10.7. The molecule has 2 unspecified atom stereocenters. The highest BCUT2D eigenvalue weighted by Gasteiger charge is 2.37. The highest BCUT2D eigenvalue weighted by molar-refractivity contribution is 5.87. The number of aliphatic hydroxyl groups excluding tert-OH is 4. The van der Waals surface area contributed by atoms with Crippen LogP contribution in [0.4, 0.5) is 0 Å². The van der Waals surface area contributed by atoms with Crippen LogP contribution in [-0.4, -0.2) is 129 Å². The summed E-state index contributed by atoms with van der Waals surface area (Å²) < 4.78 is 0. The van der Waals surface area contributed by atoms with Crippen molar-refractivity contribution in [2.45, 2.75) is 49.3 Å². The quantitative estimate of drug-likeness (QED) is 0.0786. The molecule has 0 saturated heterocycles. The van der Waals surface area contributed by atoms with Gasteiger partial charge in [0.25, 0.3) is 11.8 Å². The van der Waals surface area contributed by atoms with E-state index < -0.39 is 84.9 Å². The molecule has 0 saturated carbocycles. The minimum absolute atomic E-state index is 0.216. The molecular weight excluding hydrogens is 492 g/mol. The van der Waals surface area contributed by atoms with Crippen molar-refractivity contribution in [1.29, 1.82) is 0 Å². The first-order valence-electron chi connectivity index (χ1n) is 10.5. The van der Waals surface area contributed by atoms with Crippen molar-refractivity contribution in [2.75, 3.05) is 26.2 Å². The summed E-state index contributed by atoms with van der Waals surface area (Å²) in [6, 6.07) is -2.64. The first-order chi connectivity index (χ1) is 16.7. The highest BCUT2D eigenvalue weighted by Crippen LogP contribution is 2.06. The molecule has 0 fully saturated rings. The number of hydrogen-bond donors (Lipinski definition) is 12. The van der Waals surface area contributed by atoms with Crippen LogP contribution < -0.4 is 32.7 Å². The van der Waals surface area contributed by atoms with Crippen LogP contribution in [0, 0.1) is 0 Å². The molecule has 0 aliphatic heterocycles. The molecule has 0 radical (unpaired) electrons. The van der Waals surface area contributed by atoms with Crippen LogP contribution in [0.25, 0.3) is 0 Å². The maximum atomic E-state index is 11.9. The second kappa shape index (κ2) is 16.3. The molecule has 0 spiro atoms. The van der Waals surface area contributed by atoms with Crippen molar-refractivity contribution in [1.82, 2.24) is 21.3 Å². The van der Waals surface area contributed by atoms with Gasteiger partial charge in [0.15, 0.2) is 12.2 Å². The number of aliphatic hydroxyl groups is 4. The molecule has 0 heterocycles. The predicted octanol–water partition coefficient (Wildman–Crippen LogP) is -7.50. The smallest absolute Gasteiger partial charge is 0.305 e. The maximum Gasteiger partial charge on any atom is 0.305 e. The Morgan fingerprint density at radius 1 is 0.528 bits per heavy atom. The molecule has 0 aromatic carbocycles. The summed E-state index contributed by atoms with van der Waals surface area (Å²) in [5, 5.41) is 65.2. The topological polar surface area (TPSA) is 324 Å². The number of rotatable bonds is 17. The number of hydrogen-bond acceptors (Lipinski definition) is 12. The number of carbonyl (C=O) groups excluding carboxylic acids is 4. The molecule has 6 atom stereocenters. The molecule has 18 heteroatoms. The van der Waals surface area contributed by atoms with Crippen LogP contribution in [0.15, 0.2) is 0 Å². The van der Waals surface area contributed by atoms with Crippen LogP contribution in [0.1, 0.15) is 12.8 Å². The largest absolute Gasteiger partial charge is 0.481 e. The van der Waals surface area contributed by atoms with Gasteiger partial charge in [0.05, 0.1) is 24.9 Å². The van der Waals surface area contributed by atoms with Crippen LogP contribution >= 0.6 is 0 Å². The summed E-state index contributed by atoms with van der Waals surface area (Å²) in [7, 11) is 0. The molecular formula is C18H32N6O12. The minimum Gasteiger partial charge on any atom is -0.481 e. The maximum absolute atomic E-state index is 11.9. The molecule has 0 bridgehead atoms. The third kappa shape index (κ3) is 12.3. The van der Waals surface area contributed by atoms with Gasteiger partial charge in [-0.2, -0.15) is 0 Å². The number of aliphatic carboxylic acids is 2. The Balaban J connectivity index is 4.42. The third-order valence-corrected chi connectivity index (χ3v) is 4.44. The van der Waals surface area contributed by atoms with Gasteiger partial charge in [0.2, 0.25) is 11.8 Å². The third-order valence-electron chi connectivity index (χ3n) is 4.44. The fraction of sp³-hybridized carbons (Fsp3) is 0.667. The number of nitrogens with one attached hydrogen (secondary N) is 4. The number of carboxylic acid groups (broad SMARTS) is 2. The first-order valence-corrected chi connectivity index (χ1v) is 10.5. The lowest BCUT2D eigenvalue weighted by atomic mass is 10.0. The average molecular weight is 524 g/mol. The SMILES string of the molecule is NC(CC(=O)O)C(=O)NCCNC(=O)[C@@H](O)[C@H](O)[C@H](O)[C@@H](O)C(=O)NCCNC(=O)C(N)CC(=O)O. The van der Waals surface area contributed by atoms with E-state index >= 15 is 0 Å². The van der Waals surface area contributed by atoms with Gasteiger partial charge >= 0.3 is 11.9 Å². The Morgan fingerprint density at radius 2 is 0.778 bits per heavy atom. The van der Waals surface area contributed by atoms with Gasteiger partial charge in [-0.1, -0.05) is 0 Å². The Labute approximate surface area is 204 Å². The van der Waals surface area contributed by atoms with Crippen LogP contribution in [0.2, 0.25) is 0 Å².